The number of methoxy groups -OCH3 is 2. The number of aromatic amines is 1. The van der Waals surface area contributed by atoms with Gasteiger partial charge in [-0.05, 0) is 51.8 Å². The number of H-pyrrole nitrogens is 1. The number of rotatable bonds is 7. The van der Waals surface area contributed by atoms with Crippen molar-refractivity contribution in [3.05, 3.63) is 93.8 Å². The Balaban J connectivity index is 1.75. The second-order valence-electron chi connectivity index (χ2n) is 7.26. The van der Waals surface area contributed by atoms with E-state index in [9.17, 15) is 9.18 Å². The van der Waals surface area contributed by atoms with E-state index in [1.807, 2.05) is 48.7 Å². The van der Waals surface area contributed by atoms with Crippen LogP contribution in [0.15, 0.2) is 71.3 Å². The van der Waals surface area contributed by atoms with Crippen LogP contribution >= 0.6 is 15.9 Å². The average molecular weight is 497 g/mol. The van der Waals surface area contributed by atoms with Gasteiger partial charge in [0.05, 0.1) is 19.8 Å². The van der Waals surface area contributed by atoms with E-state index in [2.05, 4.69) is 26.2 Å². The van der Waals surface area contributed by atoms with E-state index in [0.29, 0.717) is 16.0 Å². The van der Waals surface area contributed by atoms with E-state index >= 15 is 0 Å². The van der Waals surface area contributed by atoms with Gasteiger partial charge in [0, 0.05) is 39.6 Å². The first-order valence-electron chi connectivity index (χ1n) is 10.0. The van der Waals surface area contributed by atoms with Gasteiger partial charge in [0.2, 0.25) is 0 Å². The molecule has 7 heteroatoms. The highest BCUT2D eigenvalue weighted by Gasteiger charge is 2.25. The van der Waals surface area contributed by atoms with Crippen LogP contribution in [0.4, 0.5) is 4.39 Å². The Bertz CT molecular complexity index is 1270. The molecule has 1 heterocycles. The third kappa shape index (κ3) is 4.21. The predicted octanol–water partition coefficient (Wildman–Crippen LogP) is 5.65. The summed E-state index contributed by atoms with van der Waals surface area (Å²) in [7, 11) is 3.18. The maximum absolute atomic E-state index is 13.7. The molecule has 32 heavy (non-hydrogen) atoms. The number of hydrogen-bond donors (Lipinski definition) is 2. The van der Waals surface area contributed by atoms with E-state index in [1.54, 1.807) is 14.2 Å². The number of benzene rings is 3. The molecule has 0 aliphatic heterocycles. The molecule has 4 aromatic rings. The lowest BCUT2D eigenvalue weighted by Gasteiger charge is -2.22. The summed E-state index contributed by atoms with van der Waals surface area (Å²) in [6.07, 6.45) is 1.94. The molecular weight excluding hydrogens is 475 g/mol. The molecule has 0 aliphatic carbocycles. The van der Waals surface area contributed by atoms with Crippen molar-refractivity contribution in [2.45, 2.75) is 5.92 Å². The molecular formula is C25H22BrFN2O3. The van der Waals surface area contributed by atoms with Crippen LogP contribution in [-0.4, -0.2) is 31.7 Å². The Morgan fingerprint density at radius 3 is 2.66 bits per heavy atom. The molecule has 1 amide bonds. The van der Waals surface area contributed by atoms with E-state index in [1.165, 1.54) is 18.2 Å². The Morgan fingerprint density at radius 2 is 1.88 bits per heavy atom. The number of hydrogen-bond acceptors (Lipinski definition) is 3. The van der Waals surface area contributed by atoms with Crippen molar-refractivity contribution >= 4 is 32.7 Å². The minimum atomic E-state index is -0.471. The molecule has 2 N–H and O–H groups in total. The van der Waals surface area contributed by atoms with Crippen LogP contribution in [0.3, 0.4) is 0 Å². The quantitative estimate of drug-likeness (QED) is 0.347. The Kier molecular flexibility index (Phi) is 6.46. The zero-order chi connectivity index (χ0) is 22.7. The fourth-order valence-electron chi connectivity index (χ4n) is 3.92. The lowest BCUT2D eigenvalue weighted by Crippen LogP contribution is -2.29. The van der Waals surface area contributed by atoms with E-state index < -0.39 is 5.82 Å². The highest BCUT2D eigenvalue weighted by atomic mass is 79.9. The molecule has 0 radical (unpaired) electrons. The molecule has 164 valence electrons. The van der Waals surface area contributed by atoms with Gasteiger partial charge in [-0.1, -0.05) is 30.3 Å². The number of amides is 1. The van der Waals surface area contributed by atoms with E-state index in [4.69, 9.17) is 9.47 Å². The first-order valence-corrected chi connectivity index (χ1v) is 10.8. The second-order valence-corrected chi connectivity index (χ2v) is 8.11. The summed E-state index contributed by atoms with van der Waals surface area (Å²) in [4.78, 5) is 16.2. The number of fused-ring (bicyclic) bond motifs is 1. The highest BCUT2D eigenvalue weighted by molar-refractivity contribution is 9.10. The van der Waals surface area contributed by atoms with Gasteiger partial charge in [0.1, 0.15) is 5.82 Å². The van der Waals surface area contributed by atoms with Crippen LogP contribution in [0.25, 0.3) is 10.9 Å². The van der Waals surface area contributed by atoms with Crippen molar-refractivity contribution in [1.82, 2.24) is 10.3 Å². The van der Waals surface area contributed by atoms with Gasteiger partial charge in [0.15, 0.2) is 11.5 Å². The molecule has 3 aromatic carbocycles. The van der Waals surface area contributed by atoms with Crippen LogP contribution in [-0.2, 0) is 0 Å². The molecule has 5 nitrogen and oxygen atoms in total. The summed E-state index contributed by atoms with van der Waals surface area (Å²) in [5.74, 6) is 0.122. The molecule has 0 saturated carbocycles. The van der Waals surface area contributed by atoms with Crippen molar-refractivity contribution in [2.24, 2.45) is 0 Å². The van der Waals surface area contributed by atoms with Crippen molar-refractivity contribution in [2.75, 3.05) is 20.8 Å². The average Bonchev–Trinajstić information content (AvgIpc) is 3.24. The number of carbonyl (C=O) groups is 1. The number of carbonyl (C=O) groups excluding carboxylic acids is 1. The van der Waals surface area contributed by atoms with Crippen LogP contribution in [0.1, 0.15) is 27.4 Å². The maximum atomic E-state index is 13.7. The van der Waals surface area contributed by atoms with Crippen LogP contribution in [0, 0.1) is 5.82 Å². The molecule has 0 spiro atoms. The number of nitrogens with one attached hydrogen (secondary N) is 2. The monoisotopic (exact) mass is 496 g/mol. The first-order chi connectivity index (χ1) is 15.5. The normalized spacial score (nSPS) is 11.9. The van der Waals surface area contributed by atoms with Crippen molar-refractivity contribution in [1.29, 1.82) is 0 Å². The van der Waals surface area contributed by atoms with Gasteiger partial charge in [-0.2, -0.15) is 0 Å². The number of halogens is 2. The SMILES string of the molecule is COc1cccc(C(CNC(=O)c2cc(F)ccc2Br)c2c[nH]c3ccccc23)c1OC. The molecule has 0 bridgehead atoms. The van der Waals surface area contributed by atoms with Crippen molar-refractivity contribution in [3.63, 3.8) is 0 Å². The highest BCUT2D eigenvalue weighted by Crippen LogP contribution is 2.40. The summed E-state index contributed by atoms with van der Waals surface area (Å²) in [5, 5.41) is 4.01. The molecule has 1 aromatic heterocycles. The van der Waals surface area contributed by atoms with Gasteiger partial charge in [0.25, 0.3) is 5.91 Å². The van der Waals surface area contributed by atoms with Gasteiger partial charge < -0.3 is 19.8 Å². The molecule has 1 atom stereocenters. The molecule has 0 saturated heterocycles. The number of aromatic nitrogens is 1. The Labute approximate surface area is 193 Å². The van der Waals surface area contributed by atoms with Gasteiger partial charge in [-0.25, -0.2) is 4.39 Å². The molecule has 4 rings (SSSR count). The van der Waals surface area contributed by atoms with Crippen molar-refractivity contribution in [3.8, 4) is 11.5 Å². The van der Waals surface area contributed by atoms with Gasteiger partial charge in [-0.15, -0.1) is 0 Å². The van der Waals surface area contributed by atoms with Gasteiger partial charge in [-0.3, -0.25) is 4.79 Å². The predicted molar refractivity (Wildman–Crippen MR) is 126 cm³/mol. The standard InChI is InChI=1S/C25H22BrFN2O3/c1-31-23-9-5-7-17(24(23)32-2)20(19-13-28-22-8-4-3-6-16(19)22)14-29-25(30)18-12-15(27)10-11-21(18)26/h3-13,20,28H,14H2,1-2H3,(H,29,30). The summed E-state index contributed by atoms with van der Waals surface area (Å²) < 4.78 is 25.4. The third-order valence-corrected chi connectivity index (χ3v) is 6.14. The zero-order valence-electron chi connectivity index (χ0n) is 17.6. The smallest absolute Gasteiger partial charge is 0.252 e. The molecule has 0 fully saturated rings. The zero-order valence-corrected chi connectivity index (χ0v) is 19.2. The van der Waals surface area contributed by atoms with Crippen LogP contribution in [0.5, 0.6) is 11.5 Å². The van der Waals surface area contributed by atoms with E-state index in [0.717, 1.165) is 22.0 Å². The second kappa shape index (κ2) is 9.44. The molecule has 0 aliphatic rings. The molecule has 1 unspecified atom stereocenters. The lowest BCUT2D eigenvalue weighted by molar-refractivity contribution is 0.0951. The minimum absolute atomic E-state index is 0.236. The lowest BCUT2D eigenvalue weighted by atomic mass is 9.89. The fourth-order valence-corrected chi connectivity index (χ4v) is 4.34. The third-order valence-electron chi connectivity index (χ3n) is 5.45. The summed E-state index contributed by atoms with van der Waals surface area (Å²) in [6, 6.07) is 17.7. The first kappa shape index (κ1) is 21.9. The Morgan fingerprint density at radius 1 is 1.06 bits per heavy atom. The fraction of sp³-hybridized carbons (Fsp3) is 0.160. The maximum Gasteiger partial charge on any atom is 0.252 e. The van der Waals surface area contributed by atoms with Crippen molar-refractivity contribution < 1.29 is 18.7 Å². The van der Waals surface area contributed by atoms with E-state index in [-0.39, 0.29) is 23.9 Å². The number of ether oxygens (including phenoxy) is 2. The van der Waals surface area contributed by atoms with Gasteiger partial charge >= 0.3 is 0 Å². The largest absolute Gasteiger partial charge is 0.493 e. The van der Waals surface area contributed by atoms with Crippen LogP contribution in [0.2, 0.25) is 0 Å². The summed E-state index contributed by atoms with van der Waals surface area (Å²) >= 11 is 3.33. The Hall–Kier alpha value is -3.32. The number of para-hydroxylation sites is 2. The topological polar surface area (TPSA) is 63.3 Å². The summed E-state index contributed by atoms with van der Waals surface area (Å²) in [6.45, 7) is 0.271. The summed E-state index contributed by atoms with van der Waals surface area (Å²) in [5.41, 5.74) is 3.11. The minimum Gasteiger partial charge on any atom is -0.493 e. The van der Waals surface area contributed by atoms with Crippen LogP contribution < -0.4 is 14.8 Å².